The van der Waals surface area contributed by atoms with Crippen molar-refractivity contribution >= 4 is 0 Å². The van der Waals surface area contributed by atoms with Crippen molar-refractivity contribution in [1.82, 2.24) is 10.1 Å². The molecule has 1 aliphatic rings. The summed E-state index contributed by atoms with van der Waals surface area (Å²) in [5, 5.41) is 4.00. The van der Waals surface area contributed by atoms with E-state index in [0.29, 0.717) is 17.6 Å². The van der Waals surface area contributed by atoms with Crippen LogP contribution < -0.4 is 5.73 Å². The molecule has 5 heteroatoms. The molecule has 1 fully saturated rings. The van der Waals surface area contributed by atoms with Crippen molar-refractivity contribution in [3.8, 4) is 0 Å². The molecule has 1 unspecified atom stereocenters. The summed E-state index contributed by atoms with van der Waals surface area (Å²) in [5.41, 5.74) is 7.08. The quantitative estimate of drug-likeness (QED) is 0.891. The molecule has 1 aromatic carbocycles. The van der Waals surface area contributed by atoms with Gasteiger partial charge in [0, 0.05) is 7.11 Å². The first-order valence-electron chi connectivity index (χ1n) is 6.46. The molecule has 2 aromatic rings. The number of rotatable bonds is 5. The number of aromatic nitrogens is 2. The van der Waals surface area contributed by atoms with E-state index in [0.717, 1.165) is 18.4 Å². The number of benzene rings is 1. The second kappa shape index (κ2) is 5.11. The van der Waals surface area contributed by atoms with Gasteiger partial charge in [-0.3, -0.25) is 0 Å². The Balaban J connectivity index is 1.80. The molecule has 5 nitrogen and oxygen atoms in total. The lowest BCUT2D eigenvalue weighted by Crippen LogP contribution is -2.13. The Kier molecular flexibility index (Phi) is 3.31. The van der Waals surface area contributed by atoms with Gasteiger partial charge >= 0.3 is 0 Å². The van der Waals surface area contributed by atoms with Crippen LogP contribution in [0, 0.1) is 5.92 Å². The number of ether oxygens (including phenoxy) is 1. The van der Waals surface area contributed by atoms with Gasteiger partial charge in [-0.05, 0) is 24.3 Å². The predicted octanol–water partition coefficient (Wildman–Crippen LogP) is 2.22. The van der Waals surface area contributed by atoms with E-state index in [9.17, 15) is 0 Å². The SMILES string of the molecule is COC(c1noc([C@H](N)c2ccccc2)n1)C1CC1. The lowest BCUT2D eigenvalue weighted by Gasteiger charge is -2.09. The van der Waals surface area contributed by atoms with Gasteiger partial charge in [0.05, 0.1) is 0 Å². The zero-order valence-corrected chi connectivity index (χ0v) is 10.8. The van der Waals surface area contributed by atoms with E-state index in [1.165, 1.54) is 0 Å². The Morgan fingerprint density at radius 2 is 2.05 bits per heavy atom. The Bertz CT molecular complexity index is 537. The van der Waals surface area contributed by atoms with E-state index in [-0.39, 0.29) is 12.1 Å². The second-order valence-electron chi connectivity index (χ2n) is 4.87. The predicted molar refractivity (Wildman–Crippen MR) is 69.2 cm³/mol. The molecule has 19 heavy (non-hydrogen) atoms. The Morgan fingerprint density at radius 1 is 1.32 bits per heavy atom. The van der Waals surface area contributed by atoms with Gasteiger partial charge in [0.1, 0.15) is 12.1 Å². The Labute approximate surface area is 111 Å². The van der Waals surface area contributed by atoms with E-state index < -0.39 is 0 Å². The van der Waals surface area contributed by atoms with Crippen molar-refractivity contribution in [2.24, 2.45) is 11.7 Å². The highest BCUT2D eigenvalue weighted by molar-refractivity contribution is 5.23. The Morgan fingerprint density at radius 3 is 2.68 bits per heavy atom. The van der Waals surface area contributed by atoms with Crippen LogP contribution in [0.15, 0.2) is 34.9 Å². The summed E-state index contributed by atoms with van der Waals surface area (Å²) in [5.74, 6) is 1.55. The van der Waals surface area contributed by atoms with Crippen LogP contribution >= 0.6 is 0 Å². The maximum absolute atomic E-state index is 6.13. The van der Waals surface area contributed by atoms with Crippen molar-refractivity contribution in [1.29, 1.82) is 0 Å². The van der Waals surface area contributed by atoms with Crippen LogP contribution in [0.25, 0.3) is 0 Å². The summed E-state index contributed by atoms with van der Waals surface area (Å²) in [4.78, 5) is 4.39. The van der Waals surface area contributed by atoms with Crippen LogP contribution in [0.5, 0.6) is 0 Å². The first kappa shape index (κ1) is 12.3. The summed E-state index contributed by atoms with van der Waals surface area (Å²) in [7, 11) is 1.68. The first-order chi connectivity index (χ1) is 9.29. The van der Waals surface area contributed by atoms with Crippen molar-refractivity contribution < 1.29 is 9.26 Å². The third kappa shape index (κ3) is 2.52. The molecule has 2 atom stereocenters. The molecule has 0 aliphatic heterocycles. The van der Waals surface area contributed by atoms with Gasteiger partial charge in [-0.1, -0.05) is 35.5 Å². The van der Waals surface area contributed by atoms with Crippen molar-refractivity contribution in [2.75, 3.05) is 7.11 Å². The minimum Gasteiger partial charge on any atom is -0.373 e. The van der Waals surface area contributed by atoms with Gasteiger partial charge in [0.2, 0.25) is 11.7 Å². The Hall–Kier alpha value is -1.72. The van der Waals surface area contributed by atoms with Gasteiger partial charge in [-0.15, -0.1) is 0 Å². The largest absolute Gasteiger partial charge is 0.373 e. The molecule has 0 saturated heterocycles. The molecule has 0 amide bonds. The number of nitrogens with two attached hydrogens (primary N) is 1. The number of hydrogen-bond acceptors (Lipinski definition) is 5. The monoisotopic (exact) mass is 259 g/mol. The van der Waals surface area contributed by atoms with Gasteiger partial charge in [0.25, 0.3) is 0 Å². The van der Waals surface area contributed by atoms with Crippen molar-refractivity contribution in [2.45, 2.75) is 25.0 Å². The standard InChI is InChI=1S/C14H17N3O2/c1-18-12(10-7-8-10)13-16-14(19-17-13)11(15)9-5-3-2-4-6-9/h2-6,10-12H,7-8,15H2,1H3/t11-,12?/m1/s1. The topological polar surface area (TPSA) is 74.2 Å². The first-order valence-corrected chi connectivity index (χ1v) is 6.46. The fourth-order valence-corrected chi connectivity index (χ4v) is 2.20. The molecular weight excluding hydrogens is 242 g/mol. The fraction of sp³-hybridized carbons (Fsp3) is 0.429. The van der Waals surface area contributed by atoms with Gasteiger partial charge in [-0.25, -0.2) is 0 Å². The van der Waals surface area contributed by atoms with E-state index >= 15 is 0 Å². The van der Waals surface area contributed by atoms with Crippen LogP contribution in [0.4, 0.5) is 0 Å². The van der Waals surface area contributed by atoms with E-state index in [4.69, 9.17) is 15.0 Å². The minimum absolute atomic E-state index is 0.0690. The highest BCUT2D eigenvalue weighted by Gasteiger charge is 2.36. The summed E-state index contributed by atoms with van der Waals surface area (Å²) in [6, 6.07) is 9.33. The molecule has 1 aliphatic carbocycles. The molecule has 1 aromatic heterocycles. The smallest absolute Gasteiger partial charge is 0.248 e. The molecule has 0 bridgehead atoms. The summed E-state index contributed by atoms with van der Waals surface area (Å²) < 4.78 is 10.7. The molecule has 100 valence electrons. The van der Waals surface area contributed by atoms with Crippen LogP contribution in [-0.4, -0.2) is 17.3 Å². The third-order valence-electron chi connectivity index (χ3n) is 3.44. The lowest BCUT2D eigenvalue weighted by atomic mass is 10.1. The molecule has 0 radical (unpaired) electrons. The second-order valence-corrected chi connectivity index (χ2v) is 4.87. The molecule has 2 N–H and O–H groups in total. The van der Waals surface area contributed by atoms with Gasteiger partial charge in [-0.2, -0.15) is 4.98 Å². The average Bonchev–Trinajstić information content (AvgIpc) is 3.17. The van der Waals surface area contributed by atoms with Crippen LogP contribution in [-0.2, 0) is 4.74 Å². The van der Waals surface area contributed by atoms with Gasteiger partial charge in [0.15, 0.2) is 0 Å². The summed E-state index contributed by atoms with van der Waals surface area (Å²) in [6.07, 6.45) is 2.25. The summed E-state index contributed by atoms with van der Waals surface area (Å²) >= 11 is 0. The van der Waals surface area contributed by atoms with Crippen LogP contribution in [0.1, 0.15) is 42.3 Å². The minimum atomic E-state index is -0.390. The number of hydrogen-bond donors (Lipinski definition) is 1. The normalized spacial score (nSPS) is 18.2. The van der Waals surface area contributed by atoms with E-state index in [1.807, 2.05) is 30.3 Å². The highest BCUT2D eigenvalue weighted by atomic mass is 16.5. The zero-order valence-electron chi connectivity index (χ0n) is 10.8. The van der Waals surface area contributed by atoms with E-state index in [1.54, 1.807) is 7.11 Å². The highest BCUT2D eigenvalue weighted by Crippen LogP contribution is 2.42. The molecule has 1 heterocycles. The molecule has 0 spiro atoms. The zero-order chi connectivity index (χ0) is 13.2. The van der Waals surface area contributed by atoms with Crippen molar-refractivity contribution in [3.05, 3.63) is 47.6 Å². The molecular formula is C14H17N3O2. The van der Waals surface area contributed by atoms with Gasteiger partial charge < -0.3 is 15.0 Å². The maximum atomic E-state index is 6.13. The number of methoxy groups -OCH3 is 1. The lowest BCUT2D eigenvalue weighted by molar-refractivity contribution is 0.0751. The molecule has 1 saturated carbocycles. The van der Waals surface area contributed by atoms with Crippen LogP contribution in [0.3, 0.4) is 0 Å². The number of nitrogens with zero attached hydrogens (tertiary/aromatic N) is 2. The van der Waals surface area contributed by atoms with E-state index in [2.05, 4.69) is 10.1 Å². The van der Waals surface area contributed by atoms with Crippen LogP contribution in [0.2, 0.25) is 0 Å². The molecule has 3 rings (SSSR count). The van der Waals surface area contributed by atoms with Crippen molar-refractivity contribution in [3.63, 3.8) is 0 Å². The maximum Gasteiger partial charge on any atom is 0.248 e. The third-order valence-corrected chi connectivity index (χ3v) is 3.44. The average molecular weight is 259 g/mol. The fourth-order valence-electron chi connectivity index (χ4n) is 2.20. The summed E-state index contributed by atoms with van der Waals surface area (Å²) in [6.45, 7) is 0.